The second kappa shape index (κ2) is 8.01. The fourth-order valence-electron chi connectivity index (χ4n) is 3.78. The highest BCUT2D eigenvalue weighted by atomic mass is 32.2. The van der Waals surface area contributed by atoms with Crippen LogP contribution in [0.25, 0.3) is 0 Å². The molecule has 0 radical (unpaired) electrons. The maximum Gasteiger partial charge on any atom is 0.325 e. The molecule has 2 atom stereocenters. The van der Waals surface area contributed by atoms with E-state index in [0.29, 0.717) is 12.1 Å². The molecule has 1 saturated carbocycles. The Hall–Kier alpha value is -2.53. The summed E-state index contributed by atoms with van der Waals surface area (Å²) in [5.41, 5.74) is -0.300. The van der Waals surface area contributed by atoms with Gasteiger partial charge in [-0.1, -0.05) is 31.9 Å². The number of hydrogen-bond donors (Lipinski definition) is 2. The standard InChI is InChI=1S/C19H22N4O3S/c1-13-6-4-5-9-19(13)17(25)23(18(26)22-19)12-16(24)21-14-7-2-3-8-15(14)27-11-10-20/h2-3,7-8,13H,4-6,9,11-12H2,1H3,(H,21,24)(H,22,26)/t13-,19-/m0/s1. The topological polar surface area (TPSA) is 102 Å². The molecule has 8 heteroatoms. The van der Waals surface area contributed by atoms with Gasteiger partial charge in [0.05, 0.1) is 17.5 Å². The third-order valence-corrected chi connectivity index (χ3v) is 6.20. The predicted octanol–water partition coefficient (Wildman–Crippen LogP) is 2.74. The number of anilines is 1. The molecule has 2 aliphatic rings. The summed E-state index contributed by atoms with van der Waals surface area (Å²) in [6, 6.07) is 8.68. The number of imide groups is 1. The van der Waals surface area contributed by atoms with Gasteiger partial charge in [-0.15, -0.1) is 11.8 Å². The highest BCUT2D eigenvalue weighted by Crippen LogP contribution is 2.38. The van der Waals surface area contributed by atoms with Crippen LogP contribution in [0.3, 0.4) is 0 Å². The average molecular weight is 386 g/mol. The minimum Gasteiger partial charge on any atom is -0.324 e. The van der Waals surface area contributed by atoms with Crippen molar-refractivity contribution in [2.45, 2.75) is 43.0 Å². The van der Waals surface area contributed by atoms with Crippen molar-refractivity contribution in [3.05, 3.63) is 24.3 Å². The summed E-state index contributed by atoms with van der Waals surface area (Å²) in [4.78, 5) is 39.6. The van der Waals surface area contributed by atoms with Crippen molar-refractivity contribution in [1.82, 2.24) is 10.2 Å². The SMILES string of the molecule is C[C@H]1CCCC[C@]12NC(=O)N(CC(=O)Nc1ccccc1SCC#N)C2=O. The lowest BCUT2D eigenvalue weighted by Crippen LogP contribution is -2.54. The molecule has 1 aromatic carbocycles. The van der Waals surface area contributed by atoms with Crippen LogP contribution < -0.4 is 10.6 Å². The highest BCUT2D eigenvalue weighted by Gasteiger charge is 2.55. The molecule has 0 bridgehead atoms. The van der Waals surface area contributed by atoms with Crippen molar-refractivity contribution in [3.8, 4) is 6.07 Å². The molecule has 1 spiro atoms. The molecule has 4 amide bonds. The number of thioether (sulfide) groups is 1. The molecule has 27 heavy (non-hydrogen) atoms. The molecule has 0 aromatic heterocycles. The largest absolute Gasteiger partial charge is 0.325 e. The Bertz CT molecular complexity index is 806. The van der Waals surface area contributed by atoms with Crippen molar-refractivity contribution in [3.63, 3.8) is 0 Å². The third kappa shape index (κ3) is 3.78. The Labute approximate surface area is 162 Å². The van der Waals surface area contributed by atoms with E-state index in [0.717, 1.165) is 29.1 Å². The molecule has 2 fully saturated rings. The van der Waals surface area contributed by atoms with Crippen LogP contribution in [0.4, 0.5) is 10.5 Å². The normalized spacial score (nSPS) is 24.6. The van der Waals surface area contributed by atoms with E-state index in [9.17, 15) is 14.4 Å². The number of amides is 4. The van der Waals surface area contributed by atoms with Crippen LogP contribution in [0.5, 0.6) is 0 Å². The molecule has 1 aromatic rings. The zero-order valence-electron chi connectivity index (χ0n) is 15.2. The van der Waals surface area contributed by atoms with Crippen LogP contribution in [0.1, 0.15) is 32.6 Å². The minimum atomic E-state index is -0.865. The number of urea groups is 1. The van der Waals surface area contributed by atoms with Crippen LogP contribution >= 0.6 is 11.8 Å². The Balaban J connectivity index is 1.69. The molecule has 1 aliphatic heterocycles. The maximum absolute atomic E-state index is 12.9. The van der Waals surface area contributed by atoms with E-state index < -0.39 is 17.5 Å². The van der Waals surface area contributed by atoms with Gasteiger partial charge in [-0.25, -0.2) is 4.79 Å². The minimum absolute atomic E-state index is 0.0545. The molecule has 2 N–H and O–H groups in total. The number of carbonyl (C=O) groups excluding carboxylic acids is 3. The number of nitrogens with zero attached hydrogens (tertiary/aromatic N) is 2. The van der Waals surface area contributed by atoms with Crippen LogP contribution in [0.2, 0.25) is 0 Å². The first-order valence-corrected chi connectivity index (χ1v) is 9.99. The maximum atomic E-state index is 12.9. The van der Waals surface area contributed by atoms with Gasteiger partial charge in [0.2, 0.25) is 5.91 Å². The molecule has 1 heterocycles. The summed E-state index contributed by atoms with van der Waals surface area (Å²) in [7, 11) is 0. The highest BCUT2D eigenvalue weighted by molar-refractivity contribution is 7.99. The summed E-state index contributed by atoms with van der Waals surface area (Å²) in [6.07, 6.45) is 3.43. The van der Waals surface area contributed by atoms with E-state index in [1.165, 1.54) is 11.8 Å². The van der Waals surface area contributed by atoms with Gasteiger partial charge in [0.25, 0.3) is 5.91 Å². The van der Waals surface area contributed by atoms with Crippen molar-refractivity contribution in [2.75, 3.05) is 17.6 Å². The quantitative estimate of drug-likeness (QED) is 0.598. The first-order valence-electron chi connectivity index (χ1n) is 9.00. The van der Waals surface area contributed by atoms with Gasteiger partial charge in [0.15, 0.2) is 0 Å². The van der Waals surface area contributed by atoms with Crippen molar-refractivity contribution >= 4 is 35.3 Å². The van der Waals surface area contributed by atoms with E-state index in [1.54, 1.807) is 12.1 Å². The fourth-order valence-corrected chi connectivity index (χ4v) is 4.45. The smallest absolute Gasteiger partial charge is 0.324 e. The van der Waals surface area contributed by atoms with Crippen LogP contribution in [0, 0.1) is 17.2 Å². The van der Waals surface area contributed by atoms with E-state index in [-0.39, 0.29) is 24.1 Å². The molecule has 3 rings (SSSR count). The third-order valence-electron chi connectivity index (χ3n) is 5.26. The molecule has 1 saturated heterocycles. The molecule has 7 nitrogen and oxygen atoms in total. The first-order chi connectivity index (χ1) is 13.0. The predicted molar refractivity (Wildman–Crippen MR) is 102 cm³/mol. The molecule has 1 aliphatic carbocycles. The average Bonchev–Trinajstić information content (AvgIpc) is 2.88. The second-order valence-corrected chi connectivity index (χ2v) is 7.95. The Morgan fingerprint density at radius 2 is 2.19 bits per heavy atom. The van der Waals surface area contributed by atoms with Crippen molar-refractivity contribution in [1.29, 1.82) is 5.26 Å². The van der Waals surface area contributed by atoms with Crippen LogP contribution in [0.15, 0.2) is 29.2 Å². The number of rotatable bonds is 5. The van der Waals surface area contributed by atoms with E-state index >= 15 is 0 Å². The van der Waals surface area contributed by atoms with Crippen LogP contribution in [-0.4, -0.2) is 40.6 Å². The van der Waals surface area contributed by atoms with Gasteiger partial charge in [0, 0.05) is 4.90 Å². The second-order valence-electron chi connectivity index (χ2n) is 6.93. The summed E-state index contributed by atoms with van der Waals surface area (Å²) >= 11 is 1.32. The number of carbonyl (C=O) groups is 3. The van der Waals surface area contributed by atoms with E-state index in [2.05, 4.69) is 10.6 Å². The lowest BCUT2D eigenvalue weighted by Gasteiger charge is -2.36. The van der Waals surface area contributed by atoms with Gasteiger partial charge in [-0.05, 0) is 30.9 Å². The lowest BCUT2D eigenvalue weighted by molar-refractivity contribution is -0.136. The molecule has 142 valence electrons. The number of benzene rings is 1. The number of para-hydroxylation sites is 1. The Kier molecular flexibility index (Phi) is 5.71. The van der Waals surface area contributed by atoms with Crippen molar-refractivity contribution < 1.29 is 14.4 Å². The van der Waals surface area contributed by atoms with Gasteiger partial charge in [0.1, 0.15) is 12.1 Å². The van der Waals surface area contributed by atoms with E-state index in [4.69, 9.17) is 5.26 Å². The molecular formula is C19H22N4O3S. The Morgan fingerprint density at radius 1 is 1.41 bits per heavy atom. The van der Waals surface area contributed by atoms with Gasteiger partial charge < -0.3 is 10.6 Å². The zero-order chi connectivity index (χ0) is 19.4. The monoisotopic (exact) mass is 386 g/mol. The number of hydrogen-bond acceptors (Lipinski definition) is 5. The number of nitriles is 1. The van der Waals surface area contributed by atoms with Gasteiger partial charge in [-0.3, -0.25) is 14.5 Å². The Morgan fingerprint density at radius 3 is 2.93 bits per heavy atom. The van der Waals surface area contributed by atoms with Crippen LogP contribution in [-0.2, 0) is 9.59 Å². The van der Waals surface area contributed by atoms with Gasteiger partial charge >= 0.3 is 6.03 Å². The van der Waals surface area contributed by atoms with Crippen molar-refractivity contribution in [2.24, 2.45) is 5.92 Å². The lowest BCUT2D eigenvalue weighted by atomic mass is 9.73. The van der Waals surface area contributed by atoms with E-state index in [1.807, 2.05) is 25.1 Å². The summed E-state index contributed by atoms with van der Waals surface area (Å²) < 4.78 is 0. The zero-order valence-corrected chi connectivity index (χ0v) is 16.0. The van der Waals surface area contributed by atoms with Gasteiger partial charge in [-0.2, -0.15) is 5.26 Å². The summed E-state index contributed by atoms with van der Waals surface area (Å²) in [5.74, 6) is -0.426. The summed E-state index contributed by atoms with van der Waals surface area (Å²) in [6.45, 7) is 1.65. The first kappa shape index (κ1) is 19.2. The fraction of sp³-hybridized carbons (Fsp3) is 0.474. The molecular weight excluding hydrogens is 364 g/mol. The summed E-state index contributed by atoms with van der Waals surface area (Å²) in [5, 5.41) is 14.3. The molecule has 0 unspecified atom stereocenters. The number of nitrogens with one attached hydrogen (secondary N) is 2.